The smallest absolute Gasteiger partial charge is 0.254 e. The van der Waals surface area contributed by atoms with Crippen LogP contribution in [0.2, 0.25) is 0 Å². The van der Waals surface area contributed by atoms with Crippen molar-refractivity contribution in [2.75, 3.05) is 0 Å². The van der Waals surface area contributed by atoms with Crippen LogP contribution in [-0.4, -0.2) is 9.81 Å². The van der Waals surface area contributed by atoms with Crippen molar-refractivity contribution in [1.29, 1.82) is 0 Å². The molecule has 0 saturated heterocycles. The van der Waals surface area contributed by atoms with Crippen molar-refractivity contribution in [3.05, 3.63) is 33.2 Å². The Balaban J connectivity index is 2.60. The lowest BCUT2D eigenvalue weighted by atomic mass is 9.93. The van der Waals surface area contributed by atoms with Gasteiger partial charge in [-0.3, -0.25) is 9.59 Å². The molecule has 4 heteroatoms. The van der Waals surface area contributed by atoms with Crippen molar-refractivity contribution < 1.29 is 4.79 Å². The Hall–Kier alpha value is -1.09. The first kappa shape index (κ1) is 14.3. The molecular weight excluding hydrogens is 262 g/mol. The molecule has 1 aliphatic rings. The molecule has 0 bridgehead atoms. The lowest BCUT2D eigenvalue weighted by Gasteiger charge is -2.25. The molecule has 2 rings (SSSR count). The summed E-state index contributed by atoms with van der Waals surface area (Å²) in [6.45, 7) is 4.13. The molecule has 0 saturated carbocycles. The van der Waals surface area contributed by atoms with Crippen molar-refractivity contribution in [3.8, 4) is 0 Å². The Morgan fingerprint density at radius 1 is 1.42 bits per heavy atom. The lowest BCUT2D eigenvalue weighted by Crippen LogP contribution is -2.32. The van der Waals surface area contributed by atoms with Crippen LogP contribution in [0.25, 0.3) is 0 Å². The number of aromatic nitrogens is 1. The van der Waals surface area contributed by atoms with E-state index in [2.05, 4.69) is 13.8 Å². The SMILES string of the molecule is CCC(C)n1c2c(cc(CC(=O)Cl)c1=O)CCCC2. The van der Waals surface area contributed by atoms with Crippen molar-refractivity contribution in [2.45, 2.75) is 58.4 Å². The highest BCUT2D eigenvalue weighted by Crippen LogP contribution is 2.24. The van der Waals surface area contributed by atoms with E-state index in [1.807, 2.05) is 10.6 Å². The number of carbonyl (C=O) groups excluding carboxylic acids is 1. The van der Waals surface area contributed by atoms with E-state index >= 15 is 0 Å². The van der Waals surface area contributed by atoms with Crippen LogP contribution in [0.4, 0.5) is 0 Å². The summed E-state index contributed by atoms with van der Waals surface area (Å²) in [5.74, 6) is 0. The number of halogens is 1. The minimum atomic E-state index is -0.469. The van der Waals surface area contributed by atoms with Gasteiger partial charge in [0.1, 0.15) is 0 Å². The fourth-order valence-electron chi connectivity index (χ4n) is 2.82. The first-order valence-electron chi connectivity index (χ1n) is 6.99. The third-order valence-corrected chi connectivity index (χ3v) is 4.11. The van der Waals surface area contributed by atoms with Gasteiger partial charge in [-0.05, 0) is 62.3 Å². The van der Waals surface area contributed by atoms with Crippen LogP contribution in [-0.2, 0) is 24.1 Å². The highest BCUT2D eigenvalue weighted by molar-refractivity contribution is 6.63. The largest absolute Gasteiger partial charge is 0.309 e. The lowest BCUT2D eigenvalue weighted by molar-refractivity contribution is -0.111. The van der Waals surface area contributed by atoms with E-state index in [-0.39, 0.29) is 18.0 Å². The third kappa shape index (κ3) is 2.92. The second-order valence-corrected chi connectivity index (χ2v) is 5.73. The van der Waals surface area contributed by atoms with Gasteiger partial charge in [0.25, 0.3) is 5.56 Å². The van der Waals surface area contributed by atoms with Gasteiger partial charge in [-0.1, -0.05) is 6.92 Å². The van der Waals surface area contributed by atoms with E-state index < -0.39 is 5.24 Å². The second kappa shape index (κ2) is 5.91. The van der Waals surface area contributed by atoms with Crippen molar-refractivity contribution in [2.24, 2.45) is 0 Å². The first-order chi connectivity index (χ1) is 9.04. The zero-order chi connectivity index (χ0) is 14.0. The molecule has 0 fully saturated rings. The van der Waals surface area contributed by atoms with E-state index in [0.717, 1.165) is 37.8 Å². The van der Waals surface area contributed by atoms with Crippen molar-refractivity contribution in [3.63, 3.8) is 0 Å². The third-order valence-electron chi connectivity index (χ3n) is 3.97. The minimum absolute atomic E-state index is 0.0318. The highest BCUT2D eigenvalue weighted by Gasteiger charge is 2.20. The molecule has 0 N–H and O–H groups in total. The molecule has 1 unspecified atom stereocenters. The monoisotopic (exact) mass is 281 g/mol. The van der Waals surface area contributed by atoms with E-state index in [1.165, 1.54) is 5.56 Å². The number of pyridine rings is 1. The number of carbonyl (C=O) groups is 1. The molecule has 1 heterocycles. The van der Waals surface area contributed by atoms with E-state index in [4.69, 9.17) is 11.6 Å². The number of fused-ring (bicyclic) bond motifs is 1. The number of nitrogens with zero attached hydrogens (tertiary/aromatic N) is 1. The van der Waals surface area contributed by atoms with Gasteiger partial charge in [0.2, 0.25) is 5.24 Å². The van der Waals surface area contributed by atoms with Crippen LogP contribution in [0.3, 0.4) is 0 Å². The molecule has 0 radical (unpaired) electrons. The normalized spacial score (nSPS) is 15.9. The van der Waals surface area contributed by atoms with Gasteiger partial charge >= 0.3 is 0 Å². The summed E-state index contributed by atoms with van der Waals surface area (Å²) in [5.41, 5.74) is 2.89. The van der Waals surface area contributed by atoms with Gasteiger partial charge in [0, 0.05) is 17.3 Å². The minimum Gasteiger partial charge on any atom is -0.309 e. The fraction of sp³-hybridized carbons (Fsp3) is 0.600. The molecule has 1 aliphatic carbocycles. The number of hydrogen-bond donors (Lipinski definition) is 0. The second-order valence-electron chi connectivity index (χ2n) is 5.31. The maximum atomic E-state index is 12.5. The first-order valence-corrected chi connectivity index (χ1v) is 7.36. The van der Waals surface area contributed by atoms with E-state index in [0.29, 0.717) is 5.56 Å². The van der Waals surface area contributed by atoms with Gasteiger partial charge in [0.05, 0.1) is 6.42 Å². The molecule has 0 aliphatic heterocycles. The number of rotatable bonds is 4. The Bertz CT molecular complexity index is 548. The predicted molar refractivity (Wildman–Crippen MR) is 76.9 cm³/mol. The van der Waals surface area contributed by atoms with Gasteiger partial charge in [-0.25, -0.2) is 0 Å². The van der Waals surface area contributed by atoms with Crippen LogP contribution in [0.5, 0.6) is 0 Å². The molecular formula is C15H20ClNO2. The molecule has 1 atom stereocenters. The summed E-state index contributed by atoms with van der Waals surface area (Å²) in [6.07, 6.45) is 5.19. The molecule has 0 amide bonds. The van der Waals surface area contributed by atoms with Crippen LogP contribution >= 0.6 is 11.6 Å². The number of hydrogen-bond acceptors (Lipinski definition) is 2. The maximum Gasteiger partial charge on any atom is 0.254 e. The standard InChI is InChI=1S/C15H20ClNO2/c1-3-10(2)17-13-7-5-4-6-11(13)8-12(15(17)19)9-14(16)18/h8,10H,3-7,9H2,1-2H3. The Morgan fingerprint density at radius 3 is 2.74 bits per heavy atom. The van der Waals surface area contributed by atoms with Gasteiger partial charge in [-0.15, -0.1) is 0 Å². The Morgan fingerprint density at radius 2 is 2.11 bits per heavy atom. The van der Waals surface area contributed by atoms with E-state index in [1.54, 1.807) is 0 Å². The maximum absolute atomic E-state index is 12.5. The zero-order valence-electron chi connectivity index (χ0n) is 11.5. The van der Waals surface area contributed by atoms with Crippen LogP contribution in [0.1, 0.15) is 56.0 Å². The van der Waals surface area contributed by atoms with Crippen LogP contribution < -0.4 is 5.56 Å². The molecule has 1 aromatic rings. The summed E-state index contributed by atoms with van der Waals surface area (Å²) in [7, 11) is 0. The topological polar surface area (TPSA) is 39.1 Å². The number of aryl methyl sites for hydroxylation is 1. The van der Waals surface area contributed by atoms with Gasteiger partial charge < -0.3 is 4.57 Å². The summed E-state index contributed by atoms with van der Waals surface area (Å²) < 4.78 is 1.89. The molecule has 19 heavy (non-hydrogen) atoms. The van der Waals surface area contributed by atoms with Crippen LogP contribution in [0, 0.1) is 0 Å². The summed E-state index contributed by atoms with van der Waals surface area (Å²) in [4.78, 5) is 23.6. The predicted octanol–water partition coefficient (Wildman–Crippen LogP) is 3.01. The van der Waals surface area contributed by atoms with Crippen LogP contribution in [0.15, 0.2) is 10.9 Å². The molecule has 1 aromatic heterocycles. The molecule has 0 aromatic carbocycles. The molecule has 104 valence electrons. The summed E-state index contributed by atoms with van der Waals surface area (Å²) in [5, 5.41) is -0.469. The Kier molecular flexibility index (Phi) is 4.46. The Labute approximate surface area is 118 Å². The zero-order valence-corrected chi connectivity index (χ0v) is 12.3. The van der Waals surface area contributed by atoms with Gasteiger partial charge in [0.15, 0.2) is 0 Å². The van der Waals surface area contributed by atoms with Crippen molar-refractivity contribution >= 4 is 16.8 Å². The summed E-state index contributed by atoms with van der Waals surface area (Å²) >= 11 is 5.45. The van der Waals surface area contributed by atoms with Gasteiger partial charge in [-0.2, -0.15) is 0 Å². The summed E-state index contributed by atoms with van der Waals surface area (Å²) in [6, 6.07) is 2.07. The average Bonchev–Trinajstić information content (AvgIpc) is 2.38. The average molecular weight is 282 g/mol. The fourth-order valence-corrected chi connectivity index (χ4v) is 2.96. The highest BCUT2D eigenvalue weighted by atomic mass is 35.5. The van der Waals surface area contributed by atoms with Crippen molar-refractivity contribution in [1.82, 2.24) is 4.57 Å². The molecule has 0 spiro atoms. The molecule has 3 nitrogen and oxygen atoms in total. The quantitative estimate of drug-likeness (QED) is 0.796. The van der Waals surface area contributed by atoms with E-state index in [9.17, 15) is 9.59 Å².